The maximum absolute atomic E-state index is 12.5. The molecule has 1 N–H and O–H groups in total. The minimum Gasteiger partial charge on any atom is -0.444 e. The predicted molar refractivity (Wildman–Crippen MR) is 144 cm³/mol. The van der Waals surface area contributed by atoms with Crippen molar-refractivity contribution >= 4 is 52.7 Å². The molecule has 0 radical (unpaired) electrons. The molecule has 192 valence electrons. The fourth-order valence-electron chi connectivity index (χ4n) is 5.43. The summed E-state index contributed by atoms with van der Waals surface area (Å²) in [6, 6.07) is 5.76. The Morgan fingerprint density at radius 1 is 1.17 bits per heavy atom. The zero-order chi connectivity index (χ0) is 25.5. The summed E-state index contributed by atoms with van der Waals surface area (Å²) in [6.45, 7) is 7.44. The van der Waals surface area contributed by atoms with Gasteiger partial charge >= 0.3 is 6.09 Å². The van der Waals surface area contributed by atoms with E-state index in [0.717, 1.165) is 66.6 Å². The number of benzene rings is 1. The molecular formula is C26H31Cl2N5O2S. The number of imidazole rings is 1. The molecule has 1 saturated heterocycles. The standard InChI is InChI=1S/C26H31Cl2N5O2S/c1-25(2,3)35-24(34)31-20-8-5-9-26(20)10-13-32(14-11-26)23-30-16-19(22-29-12-15-33(22)23)36-18-7-4-6-17(27)21(18)28/h4,6-7,12,15-16,20H,5,8-11,13-14H2,1-3H3,(H,31,34)/t20-/m1/s1. The molecule has 0 bridgehead atoms. The Hall–Kier alpha value is -2.16. The predicted octanol–water partition coefficient (Wildman–Crippen LogP) is 6.85. The summed E-state index contributed by atoms with van der Waals surface area (Å²) in [4.78, 5) is 26.0. The number of carbonyl (C=O) groups excluding carboxylic acids is 1. The highest BCUT2D eigenvalue weighted by atomic mass is 35.5. The summed E-state index contributed by atoms with van der Waals surface area (Å²) in [5.41, 5.74) is 0.455. The topological polar surface area (TPSA) is 71.8 Å². The minimum absolute atomic E-state index is 0.112. The number of anilines is 1. The molecule has 2 aliphatic rings. The van der Waals surface area contributed by atoms with Crippen molar-refractivity contribution < 1.29 is 9.53 Å². The molecule has 2 fully saturated rings. The van der Waals surface area contributed by atoms with Crippen LogP contribution >= 0.6 is 35.0 Å². The molecule has 1 aliphatic heterocycles. The van der Waals surface area contributed by atoms with Gasteiger partial charge in [-0.3, -0.25) is 4.40 Å². The fraction of sp³-hybridized carbons (Fsp3) is 0.500. The summed E-state index contributed by atoms with van der Waals surface area (Å²) in [5, 5.41) is 4.24. The molecule has 0 unspecified atom stereocenters. The monoisotopic (exact) mass is 547 g/mol. The van der Waals surface area contributed by atoms with E-state index in [1.54, 1.807) is 12.3 Å². The first-order valence-electron chi connectivity index (χ1n) is 12.3. The van der Waals surface area contributed by atoms with Crippen LogP contribution in [0.15, 0.2) is 46.6 Å². The molecule has 36 heavy (non-hydrogen) atoms. The normalized spacial score (nSPS) is 19.7. The van der Waals surface area contributed by atoms with Crippen molar-refractivity contribution in [3.05, 3.63) is 46.8 Å². The van der Waals surface area contributed by atoms with Gasteiger partial charge < -0.3 is 15.0 Å². The van der Waals surface area contributed by atoms with Gasteiger partial charge in [-0.1, -0.05) is 47.5 Å². The summed E-state index contributed by atoms with van der Waals surface area (Å²) >= 11 is 14.1. The van der Waals surface area contributed by atoms with Crippen LogP contribution in [0.2, 0.25) is 10.0 Å². The average Bonchev–Trinajstić information content (AvgIpc) is 3.45. The second-order valence-electron chi connectivity index (χ2n) is 10.6. The number of fused-ring (bicyclic) bond motifs is 1. The molecule has 3 heterocycles. The maximum atomic E-state index is 12.5. The molecule has 5 rings (SSSR count). The zero-order valence-electron chi connectivity index (χ0n) is 20.8. The van der Waals surface area contributed by atoms with E-state index < -0.39 is 5.60 Å². The number of ether oxygens (including phenoxy) is 1. The fourth-order valence-corrected chi connectivity index (χ4v) is 6.84. The van der Waals surface area contributed by atoms with E-state index in [4.69, 9.17) is 32.9 Å². The Kier molecular flexibility index (Phi) is 7.05. The third kappa shape index (κ3) is 5.13. The minimum atomic E-state index is -0.496. The Bertz CT molecular complexity index is 1270. The molecule has 3 aromatic rings. The van der Waals surface area contributed by atoms with Crippen molar-refractivity contribution in [2.75, 3.05) is 18.0 Å². The number of rotatable bonds is 4. The van der Waals surface area contributed by atoms with Crippen LogP contribution in [0.1, 0.15) is 52.9 Å². The Morgan fingerprint density at radius 2 is 1.94 bits per heavy atom. The number of nitrogens with zero attached hydrogens (tertiary/aromatic N) is 4. The first-order chi connectivity index (χ1) is 17.2. The van der Waals surface area contributed by atoms with E-state index in [-0.39, 0.29) is 17.6 Å². The Balaban J connectivity index is 1.31. The van der Waals surface area contributed by atoms with Crippen LogP contribution in [0.25, 0.3) is 5.65 Å². The number of hydrogen-bond acceptors (Lipinski definition) is 6. The molecule has 1 atom stereocenters. The van der Waals surface area contributed by atoms with E-state index in [1.165, 1.54) is 11.8 Å². The lowest BCUT2D eigenvalue weighted by Gasteiger charge is -2.43. The van der Waals surface area contributed by atoms with E-state index in [2.05, 4.69) is 15.2 Å². The van der Waals surface area contributed by atoms with Gasteiger partial charge in [0.1, 0.15) is 5.60 Å². The number of piperidine rings is 1. The van der Waals surface area contributed by atoms with Crippen LogP contribution in [0, 0.1) is 5.41 Å². The van der Waals surface area contributed by atoms with Gasteiger partial charge in [-0.25, -0.2) is 14.8 Å². The van der Waals surface area contributed by atoms with Crippen LogP contribution in [0.3, 0.4) is 0 Å². The van der Waals surface area contributed by atoms with Crippen molar-refractivity contribution in [1.29, 1.82) is 0 Å². The summed E-state index contributed by atoms with van der Waals surface area (Å²) in [6.07, 6.45) is 10.6. The van der Waals surface area contributed by atoms with Gasteiger partial charge in [0.05, 0.1) is 14.9 Å². The van der Waals surface area contributed by atoms with Crippen molar-refractivity contribution in [3.8, 4) is 0 Å². The zero-order valence-corrected chi connectivity index (χ0v) is 23.1. The van der Waals surface area contributed by atoms with Gasteiger partial charge in [-0.2, -0.15) is 0 Å². The Morgan fingerprint density at radius 3 is 2.69 bits per heavy atom. The molecule has 1 aliphatic carbocycles. The van der Waals surface area contributed by atoms with Crippen molar-refractivity contribution in [3.63, 3.8) is 0 Å². The lowest BCUT2D eigenvalue weighted by Crippen LogP contribution is -2.51. The first-order valence-corrected chi connectivity index (χ1v) is 13.9. The summed E-state index contributed by atoms with van der Waals surface area (Å²) < 4.78 is 7.58. The number of hydrogen-bond donors (Lipinski definition) is 1. The van der Waals surface area contributed by atoms with Gasteiger partial charge in [-0.15, -0.1) is 0 Å². The van der Waals surface area contributed by atoms with Gasteiger partial charge in [-0.05, 0) is 64.0 Å². The van der Waals surface area contributed by atoms with Crippen LogP contribution < -0.4 is 10.2 Å². The number of aromatic nitrogens is 3. The van der Waals surface area contributed by atoms with Gasteiger partial charge in [0.2, 0.25) is 5.95 Å². The number of nitrogens with one attached hydrogen (secondary N) is 1. The lowest BCUT2D eigenvalue weighted by atomic mass is 9.74. The van der Waals surface area contributed by atoms with E-state index in [9.17, 15) is 4.79 Å². The molecule has 1 amide bonds. The molecule has 1 aromatic carbocycles. The molecule has 2 aromatic heterocycles. The largest absolute Gasteiger partial charge is 0.444 e. The van der Waals surface area contributed by atoms with Crippen LogP contribution in [-0.4, -0.2) is 45.2 Å². The van der Waals surface area contributed by atoms with E-state index in [0.29, 0.717) is 10.0 Å². The molecule has 1 saturated carbocycles. The summed E-state index contributed by atoms with van der Waals surface area (Å²) in [5.74, 6) is 0.883. The lowest BCUT2D eigenvalue weighted by molar-refractivity contribution is 0.0442. The Labute approximate surface area is 225 Å². The second-order valence-corrected chi connectivity index (χ2v) is 12.5. The quantitative estimate of drug-likeness (QED) is 0.385. The number of carbonyl (C=O) groups is 1. The molecular weight excluding hydrogens is 517 g/mol. The summed E-state index contributed by atoms with van der Waals surface area (Å²) in [7, 11) is 0. The first kappa shape index (κ1) is 25.5. The average molecular weight is 549 g/mol. The SMILES string of the molecule is CC(C)(C)OC(=O)N[C@@H]1CCCC12CCN(c1ncc(Sc3cccc(Cl)c3Cl)c3nccn13)CC2. The van der Waals surface area contributed by atoms with Crippen LogP contribution in [0.5, 0.6) is 0 Å². The highest BCUT2D eigenvalue weighted by molar-refractivity contribution is 7.99. The third-order valence-electron chi connectivity index (χ3n) is 7.15. The van der Waals surface area contributed by atoms with E-state index >= 15 is 0 Å². The van der Waals surface area contributed by atoms with Crippen LogP contribution in [0.4, 0.5) is 10.7 Å². The van der Waals surface area contributed by atoms with Gasteiger partial charge in [0.15, 0.2) is 5.65 Å². The molecule has 7 nitrogen and oxygen atoms in total. The van der Waals surface area contributed by atoms with Gasteiger partial charge in [0.25, 0.3) is 0 Å². The molecule has 1 spiro atoms. The maximum Gasteiger partial charge on any atom is 0.407 e. The number of amides is 1. The number of halogens is 2. The van der Waals surface area contributed by atoms with Gasteiger partial charge in [0, 0.05) is 42.6 Å². The number of alkyl carbamates (subject to hydrolysis) is 1. The van der Waals surface area contributed by atoms with E-state index in [1.807, 2.05) is 49.7 Å². The van der Waals surface area contributed by atoms with Crippen molar-refractivity contribution in [2.24, 2.45) is 5.41 Å². The highest BCUT2D eigenvalue weighted by Gasteiger charge is 2.46. The van der Waals surface area contributed by atoms with Crippen molar-refractivity contribution in [1.82, 2.24) is 19.7 Å². The van der Waals surface area contributed by atoms with Crippen LogP contribution in [-0.2, 0) is 4.74 Å². The molecule has 10 heteroatoms. The second kappa shape index (κ2) is 9.95. The highest BCUT2D eigenvalue weighted by Crippen LogP contribution is 2.47. The smallest absolute Gasteiger partial charge is 0.407 e. The van der Waals surface area contributed by atoms with Crippen molar-refractivity contribution in [2.45, 2.75) is 74.3 Å². The third-order valence-corrected chi connectivity index (χ3v) is 9.15.